The highest BCUT2D eigenvalue weighted by Gasteiger charge is 2.37. The van der Waals surface area contributed by atoms with Crippen molar-refractivity contribution in [3.8, 4) is 0 Å². The number of rotatable bonds is 2. The molecule has 4 nitrogen and oxygen atoms in total. The molecule has 0 radical (unpaired) electrons. The normalized spacial score (nSPS) is 41.1. The smallest absolute Gasteiger partial charge is 0.123 e. The van der Waals surface area contributed by atoms with Crippen LogP contribution in [0.4, 0.5) is 0 Å². The monoisotopic (exact) mass is 272 g/mol. The minimum absolute atomic E-state index is 0.0477. The number of hydrogen-bond acceptors (Lipinski definition) is 6. The molecule has 2 heterocycles. The van der Waals surface area contributed by atoms with Crippen LogP contribution in [0.1, 0.15) is 19.3 Å². The summed E-state index contributed by atoms with van der Waals surface area (Å²) in [6.45, 7) is 0.125. The molecule has 4 atom stereocenters. The van der Waals surface area contributed by atoms with Crippen LogP contribution in [0.5, 0.6) is 0 Å². The maximum absolute atomic E-state index is 9.66. The zero-order valence-corrected chi connectivity index (χ0v) is 11.1. The SMILES string of the molecule is OCC1CSC(C2=NC3CCC(O)CC3S2)=N1. The van der Waals surface area contributed by atoms with E-state index in [0.717, 1.165) is 35.1 Å². The van der Waals surface area contributed by atoms with Crippen molar-refractivity contribution in [2.45, 2.75) is 42.7 Å². The lowest BCUT2D eigenvalue weighted by atomic mass is 9.93. The summed E-state index contributed by atoms with van der Waals surface area (Å²) >= 11 is 3.46. The Morgan fingerprint density at radius 1 is 1.24 bits per heavy atom. The van der Waals surface area contributed by atoms with E-state index in [1.165, 1.54) is 0 Å². The topological polar surface area (TPSA) is 65.2 Å². The highest BCUT2D eigenvalue weighted by Crippen LogP contribution is 2.39. The molecule has 0 amide bonds. The molecule has 2 aliphatic heterocycles. The van der Waals surface area contributed by atoms with Crippen LogP contribution in [-0.4, -0.2) is 56.1 Å². The number of aliphatic hydroxyl groups is 2. The lowest BCUT2D eigenvalue weighted by Gasteiger charge is -2.26. The van der Waals surface area contributed by atoms with E-state index in [-0.39, 0.29) is 18.8 Å². The van der Waals surface area contributed by atoms with Crippen molar-refractivity contribution < 1.29 is 10.2 Å². The zero-order valence-electron chi connectivity index (χ0n) is 9.45. The molecule has 17 heavy (non-hydrogen) atoms. The Balaban J connectivity index is 1.70. The fraction of sp³-hybridized carbons (Fsp3) is 0.818. The van der Waals surface area contributed by atoms with Crippen LogP contribution < -0.4 is 0 Å². The maximum atomic E-state index is 9.66. The molecular formula is C11H16N2O2S2. The largest absolute Gasteiger partial charge is 0.394 e. The van der Waals surface area contributed by atoms with Crippen molar-refractivity contribution in [3.05, 3.63) is 0 Å². The maximum Gasteiger partial charge on any atom is 0.123 e. The Labute approximate surface area is 109 Å². The van der Waals surface area contributed by atoms with Gasteiger partial charge in [0.15, 0.2) is 0 Å². The van der Waals surface area contributed by atoms with Crippen molar-refractivity contribution >= 4 is 33.6 Å². The summed E-state index contributed by atoms with van der Waals surface area (Å²) < 4.78 is 0. The molecular weight excluding hydrogens is 256 g/mol. The third kappa shape index (κ3) is 2.41. The number of aliphatic imine (C=N–C) groups is 2. The first-order chi connectivity index (χ1) is 8.26. The average Bonchev–Trinajstić information content (AvgIpc) is 2.93. The fourth-order valence-corrected chi connectivity index (χ4v) is 4.98. The summed E-state index contributed by atoms with van der Waals surface area (Å²) in [5.41, 5.74) is 0. The minimum Gasteiger partial charge on any atom is -0.394 e. The summed E-state index contributed by atoms with van der Waals surface area (Å²) in [5.74, 6) is 0.864. The van der Waals surface area contributed by atoms with Crippen molar-refractivity contribution in [1.29, 1.82) is 0 Å². The Hall–Kier alpha value is -0.0400. The van der Waals surface area contributed by atoms with Gasteiger partial charge in [-0.2, -0.15) is 0 Å². The van der Waals surface area contributed by atoms with Crippen molar-refractivity contribution in [1.82, 2.24) is 0 Å². The van der Waals surface area contributed by atoms with E-state index in [9.17, 15) is 5.11 Å². The van der Waals surface area contributed by atoms with E-state index < -0.39 is 0 Å². The molecule has 6 heteroatoms. The first-order valence-corrected chi connectivity index (χ1v) is 7.87. The number of thioether (sulfide) groups is 2. The van der Waals surface area contributed by atoms with Gasteiger partial charge < -0.3 is 10.2 Å². The van der Waals surface area contributed by atoms with E-state index in [1.54, 1.807) is 23.5 Å². The lowest BCUT2D eigenvalue weighted by Crippen LogP contribution is -2.30. The Bertz CT molecular complexity index is 372. The number of nitrogens with zero attached hydrogens (tertiary/aromatic N) is 2. The summed E-state index contributed by atoms with van der Waals surface area (Å²) in [4.78, 5) is 9.21. The van der Waals surface area contributed by atoms with Crippen LogP contribution >= 0.6 is 23.5 Å². The third-order valence-electron chi connectivity index (χ3n) is 3.38. The number of fused-ring (bicyclic) bond motifs is 1. The van der Waals surface area contributed by atoms with Gasteiger partial charge in [-0.15, -0.1) is 11.8 Å². The fourth-order valence-electron chi connectivity index (χ4n) is 2.42. The lowest BCUT2D eigenvalue weighted by molar-refractivity contribution is 0.127. The van der Waals surface area contributed by atoms with Crippen molar-refractivity contribution in [2.24, 2.45) is 9.98 Å². The molecule has 2 N–H and O–H groups in total. The Morgan fingerprint density at radius 2 is 2.12 bits per heavy atom. The van der Waals surface area contributed by atoms with E-state index in [1.807, 2.05) is 0 Å². The highest BCUT2D eigenvalue weighted by atomic mass is 32.2. The Kier molecular flexibility index (Phi) is 3.47. The van der Waals surface area contributed by atoms with Gasteiger partial charge in [-0.1, -0.05) is 11.8 Å². The molecule has 0 aromatic heterocycles. The second-order valence-electron chi connectivity index (χ2n) is 4.71. The molecule has 0 saturated heterocycles. The second kappa shape index (κ2) is 4.91. The predicted octanol–water partition coefficient (Wildman–Crippen LogP) is 0.920. The standard InChI is InChI=1S/C11H16N2O2S2/c14-4-6-5-16-10(12-6)11-13-8-2-1-7(15)3-9(8)17-11/h6-9,14-15H,1-5H2. The first kappa shape index (κ1) is 12.0. The molecule has 0 aromatic rings. The van der Waals surface area contributed by atoms with Gasteiger partial charge >= 0.3 is 0 Å². The molecule has 1 fully saturated rings. The molecule has 0 spiro atoms. The van der Waals surface area contributed by atoms with Crippen LogP contribution in [0.15, 0.2) is 9.98 Å². The first-order valence-electron chi connectivity index (χ1n) is 6.00. The van der Waals surface area contributed by atoms with Gasteiger partial charge in [0.2, 0.25) is 0 Å². The highest BCUT2D eigenvalue weighted by molar-refractivity contribution is 8.25. The zero-order chi connectivity index (χ0) is 11.8. The van der Waals surface area contributed by atoms with Crippen LogP contribution in [0.25, 0.3) is 0 Å². The van der Waals surface area contributed by atoms with Gasteiger partial charge in [0, 0.05) is 11.0 Å². The third-order valence-corrected chi connectivity index (χ3v) is 5.97. The minimum atomic E-state index is -0.151. The molecule has 1 aliphatic carbocycles. The van der Waals surface area contributed by atoms with Gasteiger partial charge in [-0.3, -0.25) is 9.98 Å². The predicted molar refractivity (Wildman–Crippen MR) is 73.2 cm³/mol. The molecule has 0 aromatic carbocycles. The summed E-state index contributed by atoms with van der Waals surface area (Å²) in [6, 6.07) is 0.418. The summed E-state index contributed by atoms with van der Waals surface area (Å²) in [5, 5.41) is 21.2. The average molecular weight is 272 g/mol. The van der Waals surface area contributed by atoms with Crippen LogP contribution in [0.2, 0.25) is 0 Å². The molecule has 3 aliphatic rings. The number of aliphatic hydroxyl groups excluding tert-OH is 2. The van der Waals surface area contributed by atoms with E-state index in [0.29, 0.717) is 11.3 Å². The molecule has 94 valence electrons. The van der Waals surface area contributed by atoms with Gasteiger partial charge in [0.05, 0.1) is 24.8 Å². The van der Waals surface area contributed by atoms with Crippen LogP contribution in [0, 0.1) is 0 Å². The summed E-state index contributed by atoms with van der Waals surface area (Å²) in [7, 11) is 0. The van der Waals surface area contributed by atoms with Gasteiger partial charge in [0.25, 0.3) is 0 Å². The molecule has 1 saturated carbocycles. The quantitative estimate of drug-likeness (QED) is 0.784. The second-order valence-corrected chi connectivity index (χ2v) is 6.94. The molecule has 3 rings (SSSR count). The van der Waals surface area contributed by atoms with Crippen LogP contribution in [-0.2, 0) is 0 Å². The Morgan fingerprint density at radius 3 is 2.88 bits per heavy atom. The van der Waals surface area contributed by atoms with Gasteiger partial charge in [-0.05, 0) is 19.3 Å². The molecule has 4 unspecified atom stereocenters. The van der Waals surface area contributed by atoms with Crippen molar-refractivity contribution in [3.63, 3.8) is 0 Å². The summed E-state index contributed by atoms with van der Waals surface area (Å²) in [6.07, 6.45) is 2.56. The van der Waals surface area contributed by atoms with Crippen molar-refractivity contribution in [2.75, 3.05) is 12.4 Å². The molecule has 0 bridgehead atoms. The van der Waals surface area contributed by atoms with Gasteiger partial charge in [0.1, 0.15) is 10.1 Å². The van der Waals surface area contributed by atoms with E-state index in [4.69, 9.17) is 10.1 Å². The number of hydrogen-bond donors (Lipinski definition) is 2. The van der Waals surface area contributed by atoms with Gasteiger partial charge in [-0.25, -0.2) is 0 Å². The van der Waals surface area contributed by atoms with E-state index in [2.05, 4.69) is 4.99 Å². The van der Waals surface area contributed by atoms with Crippen LogP contribution in [0.3, 0.4) is 0 Å². The van der Waals surface area contributed by atoms with E-state index >= 15 is 0 Å².